The SMILES string of the molecule is C=CCN1CCN(C(=O)CCc2cncnc2)Cc2ccc(C)nc21. The molecule has 0 unspecified atom stereocenters. The van der Waals surface area contributed by atoms with Gasteiger partial charge in [-0.2, -0.15) is 0 Å². The number of hydrogen-bond acceptors (Lipinski definition) is 5. The maximum Gasteiger partial charge on any atom is 0.223 e. The molecule has 1 aliphatic heterocycles. The summed E-state index contributed by atoms with van der Waals surface area (Å²) in [6.45, 7) is 8.60. The second kappa shape index (κ2) is 7.88. The van der Waals surface area contributed by atoms with E-state index in [2.05, 4.69) is 32.5 Å². The van der Waals surface area contributed by atoms with Gasteiger partial charge in [0.05, 0.1) is 0 Å². The van der Waals surface area contributed by atoms with E-state index in [4.69, 9.17) is 0 Å². The molecule has 0 saturated heterocycles. The van der Waals surface area contributed by atoms with Gasteiger partial charge in [-0.05, 0) is 25.0 Å². The van der Waals surface area contributed by atoms with Gasteiger partial charge in [-0.15, -0.1) is 6.58 Å². The molecule has 1 amide bonds. The summed E-state index contributed by atoms with van der Waals surface area (Å²) in [6, 6.07) is 4.07. The highest BCUT2D eigenvalue weighted by atomic mass is 16.2. The highest BCUT2D eigenvalue weighted by Crippen LogP contribution is 2.24. The van der Waals surface area contributed by atoms with Gasteiger partial charge in [0.1, 0.15) is 12.1 Å². The Kier molecular flexibility index (Phi) is 5.38. The van der Waals surface area contributed by atoms with E-state index in [9.17, 15) is 4.79 Å². The lowest BCUT2D eigenvalue weighted by Gasteiger charge is -2.22. The van der Waals surface area contributed by atoms with Crippen molar-refractivity contribution in [2.45, 2.75) is 26.3 Å². The number of hydrogen-bond donors (Lipinski definition) is 0. The van der Waals surface area contributed by atoms with Crippen LogP contribution in [0.5, 0.6) is 0 Å². The third-order valence-electron chi connectivity index (χ3n) is 4.34. The van der Waals surface area contributed by atoms with Crippen LogP contribution in [0.3, 0.4) is 0 Å². The minimum Gasteiger partial charge on any atom is -0.351 e. The van der Waals surface area contributed by atoms with Crippen LogP contribution in [0, 0.1) is 6.92 Å². The molecule has 2 aromatic rings. The van der Waals surface area contributed by atoms with Crippen LogP contribution in [-0.2, 0) is 17.8 Å². The molecule has 3 rings (SSSR count). The van der Waals surface area contributed by atoms with E-state index in [0.717, 1.165) is 35.7 Å². The lowest BCUT2D eigenvalue weighted by Crippen LogP contribution is -2.35. The molecule has 0 saturated carbocycles. The molecule has 0 spiro atoms. The first-order valence-corrected chi connectivity index (χ1v) is 8.51. The van der Waals surface area contributed by atoms with Gasteiger partial charge in [0.25, 0.3) is 0 Å². The van der Waals surface area contributed by atoms with Crippen molar-refractivity contribution in [3.63, 3.8) is 0 Å². The number of carbonyl (C=O) groups excluding carboxylic acids is 1. The lowest BCUT2D eigenvalue weighted by atomic mass is 10.1. The Morgan fingerprint density at radius 3 is 2.84 bits per heavy atom. The van der Waals surface area contributed by atoms with Crippen LogP contribution in [0.25, 0.3) is 0 Å². The Morgan fingerprint density at radius 2 is 2.08 bits per heavy atom. The van der Waals surface area contributed by atoms with Gasteiger partial charge >= 0.3 is 0 Å². The van der Waals surface area contributed by atoms with Crippen LogP contribution in [0.4, 0.5) is 5.82 Å². The zero-order valence-electron chi connectivity index (χ0n) is 14.6. The van der Waals surface area contributed by atoms with Gasteiger partial charge in [-0.1, -0.05) is 12.1 Å². The van der Waals surface area contributed by atoms with Gasteiger partial charge in [0.15, 0.2) is 0 Å². The number of aromatic nitrogens is 3. The molecule has 0 aromatic carbocycles. The Balaban J connectivity index is 1.72. The fourth-order valence-electron chi connectivity index (χ4n) is 3.02. The highest BCUT2D eigenvalue weighted by Gasteiger charge is 2.23. The van der Waals surface area contributed by atoms with Crippen LogP contribution in [-0.4, -0.2) is 45.4 Å². The Bertz CT molecular complexity index is 747. The number of pyridine rings is 1. The van der Waals surface area contributed by atoms with Gasteiger partial charge in [-0.3, -0.25) is 4.79 Å². The maximum absolute atomic E-state index is 12.7. The van der Waals surface area contributed by atoms with Crippen molar-refractivity contribution in [3.05, 3.63) is 60.3 Å². The normalized spacial score (nSPS) is 14.0. The van der Waals surface area contributed by atoms with Crippen molar-refractivity contribution in [1.82, 2.24) is 19.9 Å². The summed E-state index contributed by atoms with van der Waals surface area (Å²) in [4.78, 5) is 29.5. The van der Waals surface area contributed by atoms with Crippen LogP contribution in [0.15, 0.2) is 43.5 Å². The number of carbonyl (C=O) groups is 1. The van der Waals surface area contributed by atoms with E-state index in [0.29, 0.717) is 25.9 Å². The standard InChI is InChI=1S/C19H23N5O/c1-3-8-23-9-10-24(13-17-6-4-15(2)22-19(17)23)18(25)7-5-16-11-20-14-21-12-16/h3-4,6,11-12,14H,1,5,7-10,13H2,2H3. The molecule has 6 heteroatoms. The summed E-state index contributed by atoms with van der Waals surface area (Å²) in [7, 11) is 0. The number of fused-ring (bicyclic) bond motifs is 1. The van der Waals surface area contributed by atoms with Crippen LogP contribution in [0.1, 0.15) is 23.2 Å². The summed E-state index contributed by atoms with van der Waals surface area (Å²) >= 11 is 0. The molecule has 0 atom stereocenters. The summed E-state index contributed by atoms with van der Waals surface area (Å²) < 4.78 is 0. The van der Waals surface area contributed by atoms with E-state index in [1.54, 1.807) is 12.4 Å². The highest BCUT2D eigenvalue weighted by molar-refractivity contribution is 5.77. The fraction of sp³-hybridized carbons (Fsp3) is 0.368. The molecule has 0 fully saturated rings. The molecule has 3 heterocycles. The van der Waals surface area contributed by atoms with Gasteiger partial charge in [-0.25, -0.2) is 15.0 Å². The zero-order chi connectivity index (χ0) is 17.6. The van der Waals surface area contributed by atoms with Crippen molar-refractivity contribution in [2.75, 3.05) is 24.5 Å². The summed E-state index contributed by atoms with van der Waals surface area (Å²) in [6.07, 6.45) is 8.02. The van der Waals surface area contributed by atoms with Crippen molar-refractivity contribution >= 4 is 11.7 Å². The van der Waals surface area contributed by atoms with E-state index in [1.165, 1.54) is 6.33 Å². The zero-order valence-corrected chi connectivity index (χ0v) is 14.6. The third-order valence-corrected chi connectivity index (χ3v) is 4.34. The topological polar surface area (TPSA) is 62.2 Å². The van der Waals surface area contributed by atoms with E-state index < -0.39 is 0 Å². The predicted octanol–water partition coefficient (Wildman–Crippen LogP) is 2.15. The predicted molar refractivity (Wildman–Crippen MR) is 97.2 cm³/mol. The number of anilines is 1. The number of nitrogens with zero attached hydrogens (tertiary/aromatic N) is 5. The molecular formula is C19H23N5O. The van der Waals surface area contributed by atoms with Crippen molar-refractivity contribution < 1.29 is 4.79 Å². The van der Waals surface area contributed by atoms with E-state index in [-0.39, 0.29) is 5.91 Å². The van der Waals surface area contributed by atoms with Crippen LogP contribution >= 0.6 is 0 Å². The molecule has 130 valence electrons. The van der Waals surface area contributed by atoms with Crippen LogP contribution < -0.4 is 4.90 Å². The fourth-order valence-corrected chi connectivity index (χ4v) is 3.02. The van der Waals surface area contributed by atoms with Crippen molar-refractivity contribution in [2.24, 2.45) is 0 Å². The second-order valence-corrected chi connectivity index (χ2v) is 6.23. The Morgan fingerprint density at radius 1 is 1.28 bits per heavy atom. The minimum atomic E-state index is 0.149. The molecule has 0 N–H and O–H groups in total. The molecular weight excluding hydrogens is 314 g/mol. The van der Waals surface area contributed by atoms with Gasteiger partial charge in [0.2, 0.25) is 5.91 Å². The van der Waals surface area contributed by atoms with Crippen molar-refractivity contribution in [3.8, 4) is 0 Å². The summed E-state index contributed by atoms with van der Waals surface area (Å²) in [5.74, 6) is 1.11. The molecule has 0 aliphatic carbocycles. The Labute approximate surface area is 148 Å². The van der Waals surface area contributed by atoms with Gasteiger partial charge in [0, 0.05) is 56.3 Å². The molecule has 0 bridgehead atoms. The average molecular weight is 337 g/mol. The quantitative estimate of drug-likeness (QED) is 0.782. The minimum absolute atomic E-state index is 0.149. The molecule has 2 aromatic heterocycles. The van der Waals surface area contributed by atoms with E-state index >= 15 is 0 Å². The maximum atomic E-state index is 12.7. The monoisotopic (exact) mass is 337 g/mol. The first-order chi connectivity index (χ1) is 12.2. The molecule has 6 nitrogen and oxygen atoms in total. The van der Waals surface area contributed by atoms with Gasteiger partial charge < -0.3 is 9.80 Å². The number of aryl methyl sites for hydroxylation is 2. The largest absolute Gasteiger partial charge is 0.351 e. The Hall–Kier alpha value is -2.76. The molecule has 1 aliphatic rings. The van der Waals surface area contributed by atoms with Crippen LogP contribution in [0.2, 0.25) is 0 Å². The first kappa shape index (κ1) is 17.1. The lowest BCUT2D eigenvalue weighted by molar-refractivity contribution is -0.131. The number of rotatable bonds is 5. The first-order valence-electron chi connectivity index (χ1n) is 8.51. The average Bonchev–Trinajstić information content (AvgIpc) is 2.81. The second-order valence-electron chi connectivity index (χ2n) is 6.23. The number of amides is 1. The molecule has 0 radical (unpaired) electrons. The third kappa shape index (κ3) is 4.21. The summed E-state index contributed by atoms with van der Waals surface area (Å²) in [5.41, 5.74) is 3.05. The smallest absolute Gasteiger partial charge is 0.223 e. The molecule has 25 heavy (non-hydrogen) atoms. The van der Waals surface area contributed by atoms with E-state index in [1.807, 2.05) is 24.0 Å². The summed E-state index contributed by atoms with van der Waals surface area (Å²) in [5, 5.41) is 0. The van der Waals surface area contributed by atoms with Crippen molar-refractivity contribution in [1.29, 1.82) is 0 Å².